The molecule has 5 rings (SSSR count). The lowest BCUT2D eigenvalue weighted by molar-refractivity contribution is 0.848. The summed E-state index contributed by atoms with van der Waals surface area (Å²) in [5.74, 6) is 0. The number of nitrogens with zero attached hydrogens (tertiary/aromatic N) is 2. The average molecular weight is 507 g/mol. The minimum atomic E-state index is -2.19. The molecule has 1 heterocycles. The van der Waals surface area contributed by atoms with Crippen molar-refractivity contribution in [3.05, 3.63) is 109 Å². The Labute approximate surface area is 219 Å². The van der Waals surface area contributed by atoms with Crippen molar-refractivity contribution >= 4 is 47.3 Å². The Bertz CT molecular complexity index is 1170. The van der Waals surface area contributed by atoms with E-state index in [0.717, 1.165) is 0 Å². The first-order valence-electron chi connectivity index (χ1n) is 13.2. The van der Waals surface area contributed by atoms with Crippen LogP contribution >= 0.6 is 0 Å². The van der Waals surface area contributed by atoms with Crippen LogP contribution in [0.3, 0.4) is 0 Å². The van der Waals surface area contributed by atoms with E-state index in [9.17, 15) is 0 Å². The molecule has 1 aliphatic rings. The van der Waals surface area contributed by atoms with Crippen molar-refractivity contribution in [2.75, 3.05) is 38.0 Å². The number of benzene rings is 4. The van der Waals surface area contributed by atoms with Gasteiger partial charge in [-0.05, 0) is 24.3 Å². The summed E-state index contributed by atoms with van der Waals surface area (Å²) < 4.78 is 0. The van der Waals surface area contributed by atoms with Gasteiger partial charge in [-0.1, -0.05) is 131 Å². The third-order valence-corrected chi connectivity index (χ3v) is 26.6. The first-order chi connectivity index (χ1) is 17.5. The summed E-state index contributed by atoms with van der Waals surface area (Å²) in [5, 5.41) is 6.42. The molecule has 0 spiro atoms. The Hall–Kier alpha value is -3.09. The zero-order valence-electron chi connectivity index (χ0n) is 22.1. The van der Waals surface area contributed by atoms with Crippen molar-refractivity contribution < 1.29 is 0 Å². The van der Waals surface area contributed by atoms with Crippen molar-refractivity contribution in [1.82, 2.24) is 0 Å². The van der Waals surface area contributed by atoms with E-state index in [4.69, 9.17) is 0 Å². The summed E-state index contributed by atoms with van der Waals surface area (Å²) in [5.41, 5.74) is 2.54. The van der Waals surface area contributed by atoms with Gasteiger partial charge in [0.2, 0.25) is 0 Å². The first-order valence-corrected chi connectivity index (χ1v) is 18.6. The average Bonchev–Trinajstić information content (AvgIpc) is 2.94. The third-order valence-electron chi connectivity index (χ3n) is 8.37. The van der Waals surface area contributed by atoms with Crippen LogP contribution in [0.4, 0.5) is 11.4 Å². The highest BCUT2D eigenvalue weighted by Gasteiger charge is 2.60. The molecule has 4 aromatic carbocycles. The Kier molecular flexibility index (Phi) is 6.91. The van der Waals surface area contributed by atoms with Gasteiger partial charge in [0, 0.05) is 39.6 Å². The fraction of sp³-hybridized carbons (Fsp3) is 0.250. The Morgan fingerprint density at radius 3 is 1.03 bits per heavy atom. The predicted octanol–water partition coefficient (Wildman–Crippen LogP) is 4.52. The second kappa shape index (κ2) is 10.1. The zero-order chi connectivity index (χ0) is 25.2. The van der Waals surface area contributed by atoms with E-state index in [1.165, 1.54) is 36.3 Å². The monoisotopic (exact) mass is 506 g/mol. The molecule has 1 fully saturated rings. The van der Waals surface area contributed by atoms with Crippen LogP contribution in [0.1, 0.15) is 12.8 Å². The van der Waals surface area contributed by atoms with Crippen molar-refractivity contribution in [3.63, 3.8) is 0 Å². The van der Waals surface area contributed by atoms with Gasteiger partial charge >= 0.3 is 0 Å². The third kappa shape index (κ3) is 4.02. The summed E-state index contributed by atoms with van der Waals surface area (Å²) in [4.78, 5) is 4.42. The predicted molar refractivity (Wildman–Crippen MR) is 163 cm³/mol. The van der Waals surface area contributed by atoms with Gasteiger partial charge in [-0.2, -0.15) is 0 Å². The minimum absolute atomic E-state index is 1.27. The molecule has 4 heteroatoms. The molecule has 4 aromatic rings. The lowest BCUT2D eigenvalue weighted by Crippen LogP contribution is -2.86. The van der Waals surface area contributed by atoms with Gasteiger partial charge in [-0.3, -0.25) is 0 Å². The van der Waals surface area contributed by atoms with E-state index < -0.39 is 15.2 Å². The van der Waals surface area contributed by atoms with E-state index in [-0.39, 0.29) is 0 Å². The highest BCUT2D eigenvalue weighted by Crippen LogP contribution is 2.36. The van der Waals surface area contributed by atoms with Crippen molar-refractivity contribution in [1.29, 1.82) is 0 Å². The largest absolute Gasteiger partial charge is 0.378 e. The summed E-state index contributed by atoms with van der Waals surface area (Å²) in [6.45, 7) is 0. The molecule has 2 nitrogen and oxygen atoms in total. The maximum absolute atomic E-state index is 2.48. The number of hydrogen-bond donors (Lipinski definition) is 0. The molecule has 0 aromatic heterocycles. The van der Waals surface area contributed by atoms with Crippen LogP contribution < -0.4 is 30.5 Å². The Morgan fingerprint density at radius 1 is 0.417 bits per heavy atom. The maximum Gasteiger partial charge on any atom is 0.121 e. The molecular weight excluding hydrogens is 469 g/mol. The van der Waals surface area contributed by atoms with Crippen LogP contribution in [0.15, 0.2) is 109 Å². The van der Waals surface area contributed by atoms with Crippen LogP contribution in [0.25, 0.3) is 0 Å². The molecule has 0 N–H and O–H groups in total. The maximum atomic E-state index is 2.48. The molecule has 2 atom stereocenters. The molecular formula is C32H38N2Si2. The molecule has 0 bridgehead atoms. The fourth-order valence-electron chi connectivity index (χ4n) is 6.64. The van der Waals surface area contributed by atoms with E-state index >= 15 is 0 Å². The van der Waals surface area contributed by atoms with Crippen LogP contribution in [0.5, 0.6) is 0 Å². The van der Waals surface area contributed by atoms with Gasteiger partial charge in [-0.15, -0.1) is 0 Å². The summed E-state index contributed by atoms with van der Waals surface area (Å²) >= 11 is 0. The standard InChI is InChI=1S/C32H38N2Si2/c1-33(2)27-17-21-31(22-18-27)35(29-13-7-5-8-14-29)25-11-12-26-36(35,30-15-9-6-10-16-30)32-23-19-28(20-24-32)34(3)4/h5-10,13-24H,11-12,25-26H2,1-4H3/t35-,36+. The zero-order valence-corrected chi connectivity index (χ0v) is 24.1. The van der Waals surface area contributed by atoms with E-state index in [1.807, 2.05) is 0 Å². The second-order valence-corrected chi connectivity index (χ2v) is 22.7. The molecule has 0 aliphatic carbocycles. The van der Waals surface area contributed by atoms with Gasteiger partial charge in [0.05, 0.1) is 0 Å². The topological polar surface area (TPSA) is 6.48 Å². The van der Waals surface area contributed by atoms with Crippen molar-refractivity contribution in [2.24, 2.45) is 0 Å². The van der Waals surface area contributed by atoms with Gasteiger partial charge in [-0.25, -0.2) is 0 Å². The molecule has 0 amide bonds. The molecule has 184 valence electrons. The van der Waals surface area contributed by atoms with E-state index in [0.29, 0.717) is 0 Å². The van der Waals surface area contributed by atoms with Gasteiger partial charge in [0.1, 0.15) is 15.2 Å². The minimum Gasteiger partial charge on any atom is -0.378 e. The second-order valence-electron chi connectivity index (χ2n) is 10.6. The summed E-state index contributed by atoms with van der Waals surface area (Å²) in [7, 11) is 4.15. The molecule has 0 unspecified atom stereocenters. The molecule has 0 radical (unpaired) electrons. The summed E-state index contributed by atoms with van der Waals surface area (Å²) in [6, 6.07) is 45.2. The highest BCUT2D eigenvalue weighted by molar-refractivity contribution is 7.59. The van der Waals surface area contributed by atoms with Crippen molar-refractivity contribution in [2.45, 2.75) is 24.9 Å². The van der Waals surface area contributed by atoms with E-state index in [2.05, 4.69) is 147 Å². The molecule has 36 heavy (non-hydrogen) atoms. The molecule has 1 saturated heterocycles. The van der Waals surface area contributed by atoms with Crippen molar-refractivity contribution in [3.8, 4) is 0 Å². The molecule has 0 saturated carbocycles. The SMILES string of the molecule is CN(C)c1ccc([Si@@]2(c3ccccc3)CCCC[Si@@]2(c2ccccc2)c2ccc(N(C)C)cc2)cc1. The lowest BCUT2D eigenvalue weighted by Gasteiger charge is -2.52. The van der Waals surface area contributed by atoms with Crippen LogP contribution in [-0.2, 0) is 0 Å². The quantitative estimate of drug-likeness (QED) is 0.355. The van der Waals surface area contributed by atoms with Gasteiger partial charge in [0.15, 0.2) is 0 Å². The van der Waals surface area contributed by atoms with Crippen LogP contribution in [0.2, 0.25) is 12.1 Å². The summed E-state index contributed by atoms with van der Waals surface area (Å²) in [6.07, 6.45) is 2.63. The Balaban J connectivity index is 1.86. The number of anilines is 2. The lowest BCUT2D eigenvalue weighted by atomic mass is 10.3. The smallest absolute Gasteiger partial charge is 0.121 e. The fourth-order valence-corrected chi connectivity index (χ4v) is 27.4. The van der Waals surface area contributed by atoms with E-state index in [1.54, 1.807) is 20.7 Å². The normalized spacial score (nSPS) is 21.7. The van der Waals surface area contributed by atoms with Gasteiger partial charge < -0.3 is 9.80 Å². The molecule has 1 aliphatic heterocycles. The van der Waals surface area contributed by atoms with Crippen LogP contribution in [0, 0.1) is 0 Å². The van der Waals surface area contributed by atoms with Crippen LogP contribution in [-0.4, -0.2) is 43.4 Å². The first kappa shape index (κ1) is 24.6. The highest BCUT2D eigenvalue weighted by atomic mass is 29.3. The van der Waals surface area contributed by atoms with Gasteiger partial charge in [0.25, 0.3) is 0 Å². The number of rotatable bonds is 6. The Morgan fingerprint density at radius 2 is 0.722 bits per heavy atom. The number of hydrogen-bond acceptors (Lipinski definition) is 2.